The average Bonchev–Trinajstić information content (AvgIpc) is 2.50. The Morgan fingerprint density at radius 3 is 2.30 bits per heavy atom. The molecule has 20 heavy (non-hydrogen) atoms. The van der Waals surface area contributed by atoms with Crippen molar-refractivity contribution in [2.75, 3.05) is 12.8 Å². The highest BCUT2D eigenvalue weighted by atomic mass is 32.2. The van der Waals surface area contributed by atoms with E-state index in [9.17, 15) is 0 Å². The van der Waals surface area contributed by atoms with E-state index >= 15 is 0 Å². The Labute approximate surface area is 129 Å². The van der Waals surface area contributed by atoms with Gasteiger partial charge in [-0.15, -0.1) is 11.8 Å². The molecule has 0 fully saturated rings. The van der Waals surface area contributed by atoms with Crippen molar-refractivity contribution in [1.82, 2.24) is 5.32 Å². The van der Waals surface area contributed by atoms with Gasteiger partial charge in [-0.25, -0.2) is 0 Å². The van der Waals surface area contributed by atoms with E-state index in [0.29, 0.717) is 6.04 Å². The molecular weight excluding hydrogens is 262 g/mol. The molecule has 2 atom stereocenters. The lowest BCUT2D eigenvalue weighted by atomic mass is 9.89. The van der Waals surface area contributed by atoms with E-state index in [4.69, 9.17) is 0 Å². The van der Waals surface area contributed by atoms with Crippen LogP contribution in [0.5, 0.6) is 0 Å². The van der Waals surface area contributed by atoms with Gasteiger partial charge in [0.15, 0.2) is 0 Å². The first kappa shape index (κ1) is 17.6. The molecule has 0 heterocycles. The first-order chi connectivity index (χ1) is 9.74. The minimum absolute atomic E-state index is 0.512. The number of benzene rings is 1. The fourth-order valence-electron chi connectivity index (χ4n) is 2.73. The minimum Gasteiger partial charge on any atom is -0.310 e. The number of thioether (sulfide) groups is 1. The monoisotopic (exact) mass is 293 g/mol. The summed E-state index contributed by atoms with van der Waals surface area (Å²) < 4.78 is 0. The normalized spacial score (nSPS) is 14.2. The van der Waals surface area contributed by atoms with Gasteiger partial charge in [0.1, 0.15) is 0 Å². The summed E-state index contributed by atoms with van der Waals surface area (Å²) in [5.41, 5.74) is 1.44. The van der Waals surface area contributed by atoms with E-state index in [1.807, 2.05) is 11.8 Å². The molecule has 0 saturated heterocycles. The van der Waals surface area contributed by atoms with Crippen molar-refractivity contribution in [3.63, 3.8) is 0 Å². The Balaban J connectivity index is 2.70. The number of hydrogen-bond donors (Lipinski definition) is 1. The summed E-state index contributed by atoms with van der Waals surface area (Å²) >= 11 is 1.81. The van der Waals surface area contributed by atoms with Crippen LogP contribution in [0.3, 0.4) is 0 Å². The topological polar surface area (TPSA) is 12.0 Å². The zero-order valence-corrected chi connectivity index (χ0v) is 14.4. The molecule has 0 aromatic heterocycles. The van der Waals surface area contributed by atoms with Crippen molar-refractivity contribution >= 4 is 11.8 Å². The van der Waals surface area contributed by atoms with Crippen LogP contribution in [0.2, 0.25) is 0 Å². The Hall–Kier alpha value is -0.470. The molecular formula is C18H31NS. The summed E-state index contributed by atoms with van der Waals surface area (Å²) in [6.45, 7) is 7.87. The summed E-state index contributed by atoms with van der Waals surface area (Å²) in [4.78, 5) is 1.35. The molecule has 2 unspecified atom stereocenters. The fourth-order valence-corrected chi connectivity index (χ4v) is 3.14. The molecule has 0 saturated carbocycles. The maximum atomic E-state index is 3.67. The second kappa shape index (κ2) is 10.3. The predicted molar refractivity (Wildman–Crippen MR) is 92.6 cm³/mol. The van der Waals surface area contributed by atoms with Gasteiger partial charge in [0.2, 0.25) is 0 Å². The molecule has 2 heteroatoms. The highest BCUT2D eigenvalue weighted by Gasteiger charge is 2.16. The van der Waals surface area contributed by atoms with E-state index in [1.165, 1.54) is 42.6 Å². The molecule has 114 valence electrons. The average molecular weight is 294 g/mol. The second-order valence-corrected chi connectivity index (χ2v) is 6.42. The summed E-state index contributed by atoms with van der Waals surface area (Å²) in [6.07, 6.45) is 8.74. The maximum Gasteiger partial charge on any atom is 0.0322 e. The van der Waals surface area contributed by atoms with Gasteiger partial charge in [0, 0.05) is 10.9 Å². The standard InChI is InChI=1S/C18H31NS/c1-5-8-9-15(6-2)14-18(19-7-3)16-10-12-17(20-4)13-11-16/h10-13,15,18-19H,5-9,14H2,1-4H3. The lowest BCUT2D eigenvalue weighted by Gasteiger charge is -2.24. The summed E-state index contributed by atoms with van der Waals surface area (Å²) in [5.74, 6) is 0.847. The molecule has 1 aromatic carbocycles. The minimum atomic E-state index is 0.512. The van der Waals surface area contributed by atoms with Gasteiger partial charge in [-0.1, -0.05) is 58.6 Å². The van der Waals surface area contributed by atoms with Crippen LogP contribution in [-0.4, -0.2) is 12.8 Å². The fraction of sp³-hybridized carbons (Fsp3) is 0.667. The Morgan fingerprint density at radius 1 is 1.10 bits per heavy atom. The van der Waals surface area contributed by atoms with Gasteiger partial charge in [-0.2, -0.15) is 0 Å². The van der Waals surface area contributed by atoms with E-state index in [2.05, 4.69) is 56.6 Å². The van der Waals surface area contributed by atoms with Crippen LogP contribution < -0.4 is 5.32 Å². The highest BCUT2D eigenvalue weighted by molar-refractivity contribution is 7.98. The van der Waals surface area contributed by atoms with Crippen LogP contribution in [0.25, 0.3) is 0 Å². The third kappa shape index (κ3) is 5.88. The summed E-state index contributed by atoms with van der Waals surface area (Å²) in [7, 11) is 0. The van der Waals surface area contributed by atoms with Gasteiger partial charge < -0.3 is 5.32 Å². The molecule has 0 bridgehead atoms. The highest BCUT2D eigenvalue weighted by Crippen LogP contribution is 2.28. The molecule has 0 aliphatic heterocycles. The zero-order valence-electron chi connectivity index (χ0n) is 13.6. The van der Waals surface area contributed by atoms with Gasteiger partial charge in [-0.3, -0.25) is 0 Å². The third-order valence-corrected chi connectivity index (χ3v) is 4.82. The predicted octanol–water partition coefficient (Wildman–Crippen LogP) is 5.67. The van der Waals surface area contributed by atoms with Gasteiger partial charge in [0.05, 0.1) is 0 Å². The number of rotatable bonds is 10. The molecule has 1 nitrogen and oxygen atoms in total. The SMILES string of the molecule is CCCCC(CC)CC(NCC)c1ccc(SC)cc1. The zero-order chi connectivity index (χ0) is 14.8. The Bertz CT molecular complexity index is 347. The van der Waals surface area contributed by atoms with Gasteiger partial charge in [0.25, 0.3) is 0 Å². The smallest absolute Gasteiger partial charge is 0.0322 e. The molecule has 1 N–H and O–H groups in total. The van der Waals surface area contributed by atoms with Gasteiger partial charge in [-0.05, 0) is 42.8 Å². The number of unbranched alkanes of at least 4 members (excludes halogenated alkanes) is 1. The summed E-state index contributed by atoms with van der Waals surface area (Å²) in [6, 6.07) is 9.60. The largest absolute Gasteiger partial charge is 0.310 e. The van der Waals surface area contributed by atoms with Crippen LogP contribution in [-0.2, 0) is 0 Å². The molecule has 1 rings (SSSR count). The van der Waals surface area contributed by atoms with Crippen molar-refractivity contribution in [3.8, 4) is 0 Å². The Kier molecular flexibility index (Phi) is 9.04. The Morgan fingerprint density at radius 2 is 1.80 bits per heavy atom. The third-order valence-electron chi connectivity index (χ3n) is 4.08. The molecule has 0 spiro atoms. The number of hydrogen-bond acceptors (Lipinski definition) is 2. The van der Waals surface area contributed by atoms with Crippen LogP contribution in [0.15, 0.2) is 29.2 Å². The van der Waals surface area contributed by atoms with Crippen molar-refractivity contribution < 1.29 is 0 Å². The molecule has 0 aliphatic carbocycles. The van der Waals surface area contributed by atoms with Crippen LogP contribution in [0, 0.1) is 5.92 Å². The van der Waals surface area contributed by atoms with Gasteiger partial charge >= 0.3 is 0 Å². The summed E-state index contributed by atoms with van der Waals surface area (Å²) in [5, 5.41) is 3.67. The second-order valence-electron chi connectivity index (χ2n) is 5.54. The molecule has 0 aliphatic rings. The maximum absolute atomic E-state index is 3.67. The van der Waals surface area contributed by atoms with Crippen molar-refractivity contribution in [1.29, 1.82) is 0 Å². The lowest BCUT2D eigenvalue weighted by Crippen LogP contribution is -2.23. The lowest BCUT2D eigenvalue weighted by molar-refractivity contribution is 0.357. The van der Waals surface area contributed by atoms with Crippen molar-refractivity contribution in [2.45, 2.75) is 63.8 Å². The van der Waals surface area contributed by atoms with E-state index < -0.39 is 0 Å². The quantitative estimate of drug-likeness (QED) is 0.558. The van der Waals surface area contributed by atoms with E-state index in [1.54, 1.807) is 0 Å². The van der Waals surface area contributed by atoms with Crippen LogP contribution in [0.1, 0.15) is 64.5 Å². The number of nitrogens with one attached hydrogen (secondary N) is 1. The molecule has 1 aromatic rings. The van der Waals surface area contributed by atoms with E-state index in [0.717, 1.165) is 12.5 Å². The molecule has 0 radical (unpaired) electrons. The van der Waals surface area contributed by atoms with Crippen molar-refractivity contribution in [2.24, 2.45) is 5.92 Å². The molecule has 0 amide bonds. The first-order valence-corrected chi connectivity index (χ1v) is 9.34. The van der Waals surface area contributed by atoms with Crippen LogP contribution in [0.4, 0.5) is 0 Å². The van der Waals surface area contributed by atoms with Crippen LogP contribution >= 0.6 is 11.8 Å². The first-order valence-electron chi connectivity index (χ1n) is 8.12. The van der Waals surface area contributed by atoms with Crippen molar-refractivity contribution in [3.05, 3.63) is 29.8 Å². The van der Waals surface area contributed by atoms with E-state index in [-0.39, 0.29) is 0 Å².